The van der Waals surface area contributed by atoms with Gasteiger partial charge in [0.25, 0.3) is 0 Å². The van der Waals surface area contributed by atoms with E-state index in [1.807, 2.05) is 42.0 Å². The van der Waals surface area contributed by atoms with Crippen LogP contribution in [0.15, 0.2) is 46.3 Å². The molecule has 0 aliphatic rings. The van der Waals surface area contributed by atoms with Crippen LogP contribution in [0.5, 0.6) is 0 Å². The first kappa shape index (κ1) is 14.1. The van der Waals surface area contributed by atoms with E-state index < -0.39 is 5.25 Å². The summed E-state index contributed by atoms with van der Waals surface area (Å²) in [5, 5.41) is 0.370. The van der Waals surface area contributed by atoms with Gasteiger partial charge in [0.15, 0.2) is 5.16 Å². The number of carbonyl (C=O) groups is 1. The highest BCUT2D eigenvalue weighted by Crippen LogP contribution is 2.34. The van der Waals surface area contributed by atoms with Gasteiger partial charge in [-0.15, -0.1) is 0 Å². The largest absolute Gasteiger partial charge is 0.368 e. The highest BCUT2D eigenvalue weighted by atomic mass is 79.9. The van der Waals surface area contributed by atoms with Crippen LogP contribution in [0.1, 0.15) is 17.7 Å². The summed E-state index contributed by atoms with van der Waals surface area (Å²) < 4.78 is 2.96. The van der Waals surface area contributed by atoms with Crippen molar-refractivity contribution < 1.29 is 4.79 Å². The van der Waals surface area contributed by atoms with Crippen LogP contribution in [0.25, 0.3) is 0 Å². The van der Waals surface area contributed by atoms with Crippen molar-refractivity contribution >= 4 is 33.6 Å². The standard InChI is InChI=1S/C13H14BrN3OS/c1-2-17-8-7-16-13(17)19-11(12(15)18)9-3-5-10(14)6-4-9/h3-8,11H,2H2,1H3,(H2,15,18). The first-order chi connectivity index (χ1) is 9.11. The number of imidazole rings is 1. The van der Waals surface area contributed by atoms with E-state index in [1.165, 1.54) is 11.8 Å². The first-order valence-electron chi connectivity index (χ1n) is 5.84. The molecule has 0 bridgehead atoms. The predicted octanol–water partition coefficient (Wildman–Crippen LogP) is 2.98. The Morgan fingerprint density at radius 1 is 1.47 bits per heavy atom. The molecular formula is C13H14BrN3OS. The summed E-state index contributed by atoms with van der Waals surface area (Å²) in [6.45, 7) is 2.85. The topological polar surface area (TPSA) is 60.9 Å². The van der Waals surface area contributed by atoms with Gasteiger partial charge in [0.1, 0.15) is 5.25 Å². The lowest BCUT2D eigenvalue weighted by molar-refractivity contribution is -0.117. The Hall–Kier alpha value is -1.27. The van der Waals surface area contributed by atoms with Crippen LogP contribution in [0.3, 0.4) is 0 Å². The Kier molecular flexibility index (Phi) is 4.66. The molecule has 0 aliphatic heterocycles. The second kappa shape index (κ2) is 6.25. The number of hydrogen-bond donors (Lipinski definition) is 1. The van der Waals surface area contributed by atoms with Crippen LogP contribution in [-0.2, 0) is 11.3 Å². The van der Waals surface area contributed by atoms with Crippen LogP contribution in [0, 0.1) is 0 Å². The molecule has 100 valence electrons. The van der Waals surface area contributed by atoms with Crippen LogP contribution < -0.4 is 5.73 Å². The van der Waals surface area contributed by atoms with Crippen molar-refractivity contribution in [2.75, 3.05) is 0 Å². The fourth-order valence-corrected chi connectivity index (χ4v) is 3.02. The maximum absolute atomic E-state index is 11.7. The van der Waals surface area contributed by atoms with Crippen molar-refractivity contribution in [3.8, 4) is 0 Å². The summed E-state index contributed by atoms with van der Waals surface area (Å²) in [5.74, 6) is -0.363. The number of benzene rings is 1. The minimum absolute atomic E-state index is 0.363. The number of thioether (sulfide) groups is 1. The zero-order valence-corrected chi connectivity index (χ0v) is 12.8. The van der Waals surface area contributed by atoms with Gasteiger partial charge in [0.05, 0.1) is 0 Å². The maximum Gasteiger partial charge on any atom is 0.235 e. The lowest BCUT2D eigenvalue weighted by atomic mass is 10.1. The van der Waals surface area contributed by atoms with Gasteiger partial charge in [-0.1, -0.05) is 39.8 Å². The number of aromatic nitrogens is 2. The molecule has 0 radical (unpaired) electrons. The number of rotatable bonds is 5. The lowest BCUT2D eigenvalue weighted by Crippen LogP contribution is -2.19. The van der Waals surface area contributed by atoms with Crippen molar-refractivity contribution in [3.63, 3.8) is 0 Å². The Labute approximate surface area is 124 Å². The number of hydrogen-bond acceptors (Lipinski definition) is 3. The van der Waals surface area contributed by atoms with Crippen LogP contribution in [-0.4, -0.2) is 15.5 Å². The molecule has 0 fully saturated rings. The molecule has 4 nitrogen and oxygen atoms in total. The molecule has 0 saturated carbocycles. The molecule has 1 amide bonds. The van der Waals surface area contributed by atoms with Crippen LogP contribution in [0.2, 0.25) is 0 Å². The third-order valence-electron chi connectivity index (χ3n) is 2.67. The van der Waals surface area contributed by atoms with Gasteiger partial charge in [0.2, 0.25) is 5.91 Å². The summed E-state index contributed by atoms with van der Waals surface area (Å²) in [6, 6.07) is 7.59. The van der Waals surface area contributed by atoms with Crippen molar-refractivity contribution in [2.45, 2.75) is 23.9 Å². The normalized spacial score (nSPS) is 12.3. The number of primary amides is 1. The highest BCUT2D eigenvalue weighted by molar-refractivity contribution is 9.10. The molecule has 1 unspecified atom stereocenters. The number of amides is 1. The molecule has 1 atom stereocenters. The quantitative estimate of drug-likeness (QED) is 0.851. The average molecular weight is 340 g/mol. The molecule has 0 saturated heterocycles. The molecule has 19 heavy (non-hydrogen) atoms. The SMILES string of the molecule is CCn1ccnc1SC(C(N)=O)c1ccc(Br)cc1. The third kappa shape index (κ3) is 3.39. The van der Waals surface area contributed by atoms with Gasteiger partial charge in [-0.25, -0.2) is 4.98 Å². The van der Waals surface area contributed by atoms with Gasteiger partial charge in [-0.3, -0.25) is 4.79 Å². The molecule has 2 rings (SSSR count). The Morgan fingerprint density at radius 3 is 2.74 bits per heavy atom. The van der Waals surface area contributed by atoms with E-state index in [2.05, 4.69) is 20.9 Å². The van der Waals surface area contributed by atoms with Crippen molar-refractivity contribution in [1.82, 2.24) is 9.55 Å². The third-order valence-corrected chi connectivity index (χ3v) is 4.49. The second-order valence-corrected chi connectivity index (χ2v) is 5.94. The predicted molar refractivity (Wildman–Crippen MR) is 79.8 cm³/mol. The van der Waals surface area contributed by atoms with Gasteiger partial charge in [0, 0.05) is 23.4 Å². The van der Waals surface area contributed by atoms with Gasteiger partial charge >= 0.3 is 0 Å². The molecule has 0 spiro atoms. The van der Waals surface area contributed by atoms with Crippen LogP contribution in [0.4, 0.5) is 0 Å². The maximum atomic E-state index is 11.7. The van der Waals surface area contributed by atoms with Crippen LogP contribution >= 0.6 is 27.7 Å². The molecule has 1 heterocycles. The Balaban J connectivity index is 2.26. The van der Waals surface area contributed by atoms with E-state index >= 15 is 0 Å². The summed E-state index contributed by atoms with van der Waals surface area (Å²) in [4.78, 5) is 15.9. The number of aryl methyl sites for hydroxylation is 1. The van der Waals surface area contributed by atoms with E-state index in [0.717, 1.165) is 21.7 Å². The van der Waals surface area contributed by atoms with E-state index in [-0.39, 0.29) is 5.91 Å². The molecule has 6 heteroatoms. The molecule has 1 aromatic heterocycles. The molecular weight excluding hydrogens is 326 g/mol. The summed E-state index contributed by atoms with van der Waals surface area (Å²) >= 11 is 4.75. The van der Waals surface area contributed by atoms with E-state index in [4.69, 9.17) is 5.73 Å². The summed E-state index contributed by atoms with van der Waals surface area (Å²) in [7, 11) is 0. The lowest BCUT2D eigenvalue weighted by Gasteiger charge is -2.13. The number of halogens is 1. The van der Waals surface area contributed by atoms with Crippen molar-refractivity contribution in [1.29, 1.82) is 0 Å². The monoisotopic (exact) mass is 339 g/mol. The minimum Gasteiger partial charge on any atom is -0.368 e. The molecule has 0 aliphatic carbocycles. The van der Waals surface area contributed by atoms with Gasteiger partial charge < -0.3 is 10.3 Å². The van der Waals surface area contributed by atoms with E-state index in [1.54, 1.807) is 6.20 Å². The molecule has 1 aromatic carbocycles. The highest BCUT2D eigenvalue weighted by Gasteiger charge is 2.21. The number of nitrogens with two attached hydrogens (primary N) is 1. The van der Waals surface area contributed by atoms with Crippen molar-refractivity contribution in [2.24, 2.45) is 5.73 Å². The zero-order chi connectivity index (χ0) is 13.8. The van der Waals surface area contributed by atoms with Crippen molar-refractivity contribution in [3.05, 3.63) is 46.7 Å². The van der Waals surface area contributed by atoms with Gasteiger partial charge in [-0.05, 0) is 24.6 Å². The second-order valence-electron chi connectivity index (χ2n) is 3.95. The fraction of sp³-hybridized carbons (Fsp3) is 0.231. The smallest absolute Gasteiger partial charge is 0.235 e. The number of nitrogens with zero attached hydrogens (tertiary/aromatic N) is 2. The summed E-state index contributed by atoms with van der Waals surface area (Å²) in [5.41, 5.74) is 6.39. The van der Waals surface area contributed by atoms with E-state index in [0.29, 0.717) is 0 Å². The first-order valence-corrected chi connectivity index (χ1v) is 7.51. The summed E-state index contributed by atoms with van der Waals surface area (Å²) in [6.07, 6.45) is 3.62. The molecule has 2 N–H and O–H groups in total. The zero-order valence-electron chi connectivity index (χ0n) is 10.4. The Morgan fingerprint density at radius 2 is 2.16 bits per heavy atom. The van der Waals surface area contributed by atoms with Gasteiger partial charge in [-0.2, -0.15) is 0 Å². The minimum atomic E-state index is -0.430. The molecule has 2 aromatic rings. The number of carbonyl (C=O) groups excluding carboxylic acids is 1. The van der Waals surface area contributed by atoms with E-state index in [9.17, 15) is 4.79 Å². The fourth-order valence-electron chi connectivity index (χ4n) is 1.69. The average Bonchev–Trinajstić information content (AvgIpc) is 2.84. The Bertz CT molecular complexity index is 568.